The first-order valence-corrected chi connectivity index (χ1v) is 9.73. The van der Waals surface area contributed by atoms with Crippen LogP contribution in [0.5, 0.6) is 0 Å². The summed E-state index contributed by atoms with van der Waals surface area (Å²) in [5, 5.41) is 8.69. The number of aromatic nitrogens is 1. The van der Waals surface area contributed by atoms with Crippen LogP contribution in [0.4, 0.5) is 10.8 Å². The van der Waals surface area contributed by atoms with Gasteiger partial charge in [-0.1, -0.05) is 11.6 Å². The summed E-state index contributed by atoms with van der Waals surface area (Å²) in [4.78, 5) is 27.3. The Kier molecular flexibility index (Phi) is 7.92. The molecule has 0 unspecified atom stereocenters. The third kappa shape index (κ3) is 7.69. The molecule has 0 aliphatic heterocycles. The lowest BCUT2D eigenvalue weighted by Crippen LogP contribution is -2.44. The van der Waals surface area contributed by atoms with Crippen molar-refractivity contribution in [3.63, 3.8) is 0 Å². The molecule has 132 valence electrons. The molecule has 2 amide bonds. The number of thioether (sulfide) groups is 1. The quantitative estimate of drug-likeness (QED) is 0.425. The monoisotopic (exact) mass is 415 g/mol. The third-order valence-corrected chi connectivity index (χ3v) is 4.64. The average molecular weight is 416 g/mol. The number of halogens is 1. The van der Waals surface area contributed by atoms with Crippen molar-refractivity contribution in [2.75, 3.05) is 22.1 Å². The van der Waals surface area contributed by atoms with E-state index in [1.165, 1.54) is 23.1 Å². The van der Waals surface area contributed by atoms with Crippen LogP contribution >= 0.6 is 46.9 Å². The molecule has 25 heavy (non-hydrogen) atoms. The molecule has 0 bridgehead atoms. The molecule has 1 heterocycles. The van der Waals surface area contributed by atoms with Crippen molar-refractivity contribution in [2.24, 2.45) is 0 Å². The highest BCUT2D eigenvalue weighted by Gasteiger charge is 2.07. The van der Waals surface area contributed by atoms with E-state index >= 15 is 0 Å². The van der Waals surface area contributed by atoms with Gasteiger partial charge in [0.1, 0.15) is 0 Å². The Balaban J connectivity index is 1.59. The zero-order valence-electron chi connectivity index (χ0n) is 12.7. The van der Waals surface area contributed by atoms with Gasteiger partial charge in [0.2, 0.25) is 11.8 Å². The number of benzene rings is 1. The fourth-order valence-electron chi connectivity index (χ4n) is 1.54. The number of carbonyl (C=O) groups excluding carboxylic acids is 2. The zero-order chi connectivity index (χ0) is 18.1. The molecule has 7 nitrogen and oxygen atoms in total. The highest BCUT2D eigenvalue weighted by molar-refractivity contribution is 8.00. The molecule has 0 spiro atoms. The zero-order valence-corrected chi connectivity index (χ0v) is 16.0. The van der Waals surface area contributed by atoms with E-state index in [4.69, 9.17) is 23.8 Å². The number of hydrogen-bond acceptors (Lipinski definition) is 6. The SMILES string of the molecule is O=C(CSCC(=O)Nc1nccs1)NNC(=S)Nc1ccc(Cl)cc1. The van der Waals surface area contributed by atoms with Crippen LogP contribution in [0.2, 0.25) is 5.02 Å². The van der Waals surface area contributed by atoms with Crippen molar-refractivity contribution < 1.29 is 9.59 Å². The number of thiazole rings is 1. The molecule has 0 atom stereocenters. The minimum Gasteiger partial charge on any atom is -0.331 e. The molecule has 2 rings (SSSR count). The van der Waals surface area contributed by atoms with Crippen LogP contribution in [-0.4, -0.2) is 33.4 Å². The molecular weight excluding hydrogens is 402 g/mol. The predicted molar refractivity (Wildman–Crippen MR) is 107 cm³/mol. The summed E-state index contributed by atoms with van der Waals surface area (Å²) in [6, 6.07) is 6.96. The summed E-state index contributed by atoms with van der Waals surface area (Å²) in [5.41, 5.74) is 5.78. The first-order valence-electron chi connectivity index (χ1n) is 6.91. The van der Waals surface area contributed by atoms with E-state index in [2.05, 4.69) is 26.5 Å². The second-order valence-corrected chi connectivity index (χ2v) is 7.24. The first-order chi connectivity index (χ1) is 12.0. The number of anilines is 2. The molecule has 11 heteroatoms. The molecule has 0 fully saturated rings. The summed E-state index contributed by atoms with van der Waals surface area (Å²) in [5.74, 6) is -0.240. The van der Waals surface area contributed by atoms with E-state index in [0.29, 0.717) is 10.2 Å². The lowest BCUT2D eigenvalue weighted by Gasteiger charge is -2.11. The molecule has 0 aliphatic carbocycles. The molecule has 0 radical (unpaired) electrons. The highest BCUT2D eigenvalue weighted by atomic mass is 35.5. The molecule has 0 saturated heterocycles. The number of hydrazine groups is 1. The number of amides is 2. The standard InChI is InChI=1S/C14H14ClN5O2S3/c15-9-1-3-10(4-2-9)17-13(23)20-19-12(22)8-24-7-11(21)18-14-16-5-6-25-14/h1-6H,7-8H2,(H,19,22)(H,16,18,21)(H2,17,20,23). The Hall–Kier alpha value is -1.88. The van der Waals surface area contributed by atoms with Crippen molar-refractivity contribution in [3.8, 4) is 0 Å². The van der Waals surface area contributed by atoms with Crippen molar-refractivity contribution in [3.05, 3.63) is 40.9 Å². The normalized spacial score (nSPS) is 9.96. The van der Waals surface area contributed by atoms with Gasteiger partial charge >= 0.3 is 0 Å². The molecule has 0 saturated carbocycles. The van der Waals surface area contributed by atoms with E-state index in [1.807, 2.05) is 0 Å². The first kappa shape index (κ1) is 19.4. The largest absolute Gasteiger partial charge is 0.331 e. The maximum atomic E-state index is 11.7. The maximum Gasteiger partial charge on any atom is 0.248 e. The Morgan fingerprint density at radius 3 is 2.52 bits per heavy atom. The summed E-state index contributed by atoms with van der Waals surface area (Å²) in [6.07, 6.45) is 1.60. The van der Waals surface area contributed by atoms with Crippen LogP contribution < -0.4 is 21.5 Å². The number of rotatable bonds is 6. The maximum absolute atomic E-state index is 11.7. The summed E-state index contributed by atoms with van der Waals surface area (Å²) in [7, 11) is 0. The number of carbonyl (C=O) groups is 2. The van der Waals surface area contributed by atoms with Gasteiger partial charge in [-0.25, -0.2) is 4.98 Å². The van der Waals surface area contributed by atoms with Crippen LogP contribution in [0.1, 0.15) is 0 Å². The fourth-order valence-corrected chi connectivity index (χ4v) is 2.99. The third-order valence-electron chi connectivity index (χ3n) is 2.56. The smallest absolute Gasteiger partial charge is 0.248 e. The van der Waals surface area contributed by atoms with E-state index in [-0.39, 0.29) is 28.4 Å². The molecule has 0 aliphatic rings. The van der Waals surface area contributed by atoms with E-state index in [0.717, 1.165) is 5.69 Å². The van der Waals surface area contributed by atoms with Crippen molar-refractivity contribution in [1.82, 2.24) is 15.8 Å². The van der Waals surface area contributed by atoms with Crippen molar-refractivity contribution >= 4 is 74.7 Å². The van der Waals surface area contributed by atoms with Crippen LogP contribution in [-0.2, 0) is 9.59 Å². The Morgan fingerprint density at radius 2 is 1.84 bits per heavy atom. The van der Waals surface area contributed by atoms with Gasteiger partial charge in [0.25, 0.3) is 0 Å². The van der Waals surface area contributed by atoms with Gasteiger partial charge < -0.3 is 10.6 Å². The van der Waals surface area contributed by atoms with Gasteiger partial charge in [-0.3, -0.25) is 20.4 Å². The van der Waals surface area contributed by atoms with Gasteiger partial charge in [0, 0.05) is 22.3 Å². The van der Waals surface area contributed by atoms with E-state index < -0.39 is 0 Å². The number of nitrogens with one attached hydrogen (secondary N) is 4. The molecule has 1 aromatic carbocycles. The minimum atomic E-state index is -0.299. The van der Waals surface area contributed by atoms with Crippen LogP contribution in [0.25, 0.3) is 0 Å². The van der Waals surface area contributed by atoms with Crippen LogP contribution in [0.3, 0.4) is 0 Å². The lowest BCUT2D eigenvalue weighted by atomic mass is 10.3. The average Bonchev–Trinajstić information content (AvgIpc) is 3.08. The van der Waals surface area contributed by atoms with E-state index in [1.54, 1.807) is 35.8 Å². The lowest BCUT2D eigenvalue weighted by molar-refractivity contribution is -0.119. The Bertz CT molecular complexity index is 725. The molecule has 4 N–H and O–H groups in total. The fraction of sp³-hybridized carbons (Fsp3) is 0.143. The Morgan fingerprint density at radius 1 is 1.12 bits per heavy atom. The number of thiocarbonyl (C=S) groups is 1. The topological polar surface area (TPSA) is 95.2 Å². The molecule has 1 aromatic heterocycles. The number of nitrogens with zero attached hydrogens (tertiary/aromatic N) is 1. The van der Waals surface area contributed by atoms with Gasteiger partial charge in [-0.05, 0) is 36.5 Å². The summed E-state index contributed by atoms with van der Waals surface area (Å²) >= 11 is 13.4. The van der Waals surface area contributed by atoms with Crippen molar-refractivity contribution in [1.29, 1.82) is 0 Å². The molecular formula is C14H14ClN5O2S3. The summed E-state index contributed by atoms with van der Waals surface area (Å²) in [6.45, 7) is 0. The summed E-state index contributed by atoms with van der Waals surface area (Å²) < 4.78 is 0. The van der Waals surface area contributed by atoms with Gasteiger partial charge in [0.05, 0.1) is 11.5 Å². The van der Waals surface area contributed by atoms with Crippen molar-refractivity contribution in [2.45, 2.75) is 0 Å². The second-order valence-electron chi connectivity index (χ2n) is 4.51. The number of hydrogen-bond donors (Lipinski definition) is 4. The van der Waals surface area contributed by atoms with Gasteiger partial charge in [-0.15, -0.1) is 23.1 Å². The minimum absolute atomic E-state index is 0.113. The van der Waals surface area contributed by atoms with Gasteiger partial charge in [-0.2, -0.15) is 0 Å². The highest BCUT2D eigenvalue weighted by Crippen LogP contribution is 2.13. The second kappa shape index (κ2) is 10.2. The molecule has 2 aromatic rings. The van der Waals surface area contributed by atoms with E-state index in [9.17, 15) is 9.59 Å². The van der Waals surface area contributed by atoms with Gasteiger partial charge in [0.15, 0.2) is 10.2 Å². The van der Waals surface area contributed by atoms with Crippen LogP contribution in [0, 0.1) is 0 Å². The Labute approximate surface area is 162 Å². The predicted octanol–water partition coefficient (Wildman–Crippen LogP) is 2.49. The van der Waals surface area contributed by atoms with Crippen LogP contribution in [0.15, 0.2) is 35.8 Å².